The van der Waals surface area contributed by atoms with Crippen molar-refractivity contribution >= 4 is 23.4 Å². The molecule has 2 aromatic rings. The summed E-state index contributed by atoms with van der Waals surface area (Å²) in [6, 6.07) is 6.08. The lowest BCUT2D eigenvalue weighted by molar-refractivity contribution is -0.147. The van der Waals surface area contributed by atoms with Crippen molar-refractivity contribution in [1.29, 1.82) is 5.26 Å². The number of benzene rings is 2. The molecule has 5 rings (SSSR count). The van der Waals surface area contributed by atoms with Gasteiger partial charge in [-0.2, -0.15) is 5.26 Å². The van der Waals surface area contributed by atoms with Gasteiger partial charge >= 0.3 is 0 Å². The fourth-order valence-corrected chi connectivity index (χ4v) is 6.62. The second-order valence-corrected chi connectivity index (χ2v) is 13.0. The quantitative estimate of drug-likeness (QED) is 0.434. The molecule has 1 saturated heterocycles. The summed E-state index contributed by atoms with van der Waals surface area (Å²) in [5, 5.41) is 18.3. The van der Waals surface area contributed by atoms with Gasteiger partial charge in [0.25, 0.3) is 0 Å². The average molecular weight is 623 g/mol. The van der Waals surface area contributed by atoms with Gasteiger partial charge in [-0.15, -0.1) is 0 Å². The number of ether oxygens (including phenoxy) is 1. The predicted octanol–water partition coefficient (Wildman–Crippen LogP) is 2.95. The van der Waals surface area contributed by atoms with E-state index in [9.17, 15) is 28.4 Å². The van der Waals surface area contributed by atoms with Crippen molar-refractivity contribution < 1.29 is 27.9 Å². The number of halogens is 2. The molecule has 0 unspecified atom stereocenters. The van der Waals surface area contributed by atoms with Crippen LogP contribution in [0.2, 0.25) is 0 Å². The fraction of sp³-hybridized carbons (Fsp3) is 0.515. The Hall–Kier alpha value is -4.24. The number of nitriles is 1. The second kappa shape index (κ2) is 12.6. The Kier molecular flexibility index (Phi) is 9.03. The Labute approximate surface area is 262 Å². The third-order valence-corrected chi connectivity index (χ3v) is 9.01. The SMILES string of the molecule is CC[C@H](NC)C(=O)N[C@H](C(=O)N1C[C@@H]2Cc3cc(C#N)ccc3N2C[C@H]1C(=O)N[C@@H]1CCOc2cc(F)cc(F)c21)C(C)(C)C. The van der Waals surface area contributed by atoms with Gasteiger partial charge < -0.3 is 30.5 Å². The highest BCUT2D eigenvalue weighted by molar-refractivity contribution is 5.94. The summed E-state index contributed by atoms with van der Waals surface area (Å²) in [4.78, 5) is 45.4. The van der Waals surface area contributed by atoms with E-state index in [1.165, 1.54) is 4.90 Å². The number of likely N-dealkylation sites (N-methyl/N-ethyl adjacent to an activating group) is 1. The lowest BCUT2D eigenvalue weighted by atomic mass is 9.84. The van der Waals surface area contributed by atoms with Gasteiger partial charge in [-0.25, -0.2) is 8.78 Å². The Bertz CT molecular complexity index is 1530. The Morgan fingerprint density at radius 2 is 1.91 bits per heavy atom. The van der Waals surface area contributed by atoms with E-state index in [1.807, 2.05) is 39.8 Å². The molecule has 12 heteroatoms. The number of rotatable bonds is 7. The number of fused-ring (bicyclic) bond motifs is 4. The van der Waals surface area contributed by atoms with E-state index < -0.39 is 53.0 Å². The minimum Gasteiger partial charge on any atom is -0.493 e. The van der Waals surface area contributed by atoms with Gasteiger partial charge in [-0.3, -0.25) is 14.4 Å². The molecule has 3 N–H and O–H groups in total. The standard InChI is InChI=1S/C33H40F2N6O4/c1-6-23(37-5)30(42)39-29(33(2,3)4)32(44)41-16-21-12-19-11-18(15-36)7-8-25(19)40(21)17-26(41)31(43)38-24-9-10-45-27-14-20(34)13-22(35)28(24)27/h7-8,11,13-14,21,23-24,26,29,37H,6,9-10,12,16-17H2,1-5H3,(H,38,43)(H,39,42)/t21-,23-,24+,26-,29+/m0/s1. The fourth-order valence-electron chi connectivity index (χ4n) is 6.62. The van der Waals surface area contributed by atoms with Crippen molar-refractivity contribution in [3.05, 3.63) is 58.7 Å². The molecular weight excluding hydrogens is 582 g/mol. The van der Waals surface area contributed by atoms with Crippen molar-refractivity contribution in [2.24, 2.45) is 5.41 Å². The lowest BCUT2D eigenvalue weighted by Gasteiger charge is -2.46. The van der Waals surface area contributed by atoms with Crippen LogP contribution in [0.15, 0.2) is 30.3 Å². The van der Waals surface area contributed by atoms with E-state index in [1.54, 1.807) is 13.1 Å². The Morgan fingerprint density at radius 1 is 1.16 bits per heavy atom. The Balaban J connectivity index is 1.48. The molecule has 45 heavy (non-hydrogen) atoms. The summed E-state index contributed by atoms with van der Waals surface area (Å²) < 4.78 is 34.4. The van der Waals surface area contributed by atoms with Crippen molar-refractivity contribution in [2.75, 3.05) is 31.6 Å². The largest absolute Gasteiger partial charge is 0.493 e. The first-order chi connectivity index (χ1) is 21.4. The molecule has 3 amide bonds. The van der Waals surface area contributed by atoms with Crippen LogP contribution in [-0.2, 0) is 20.8 Å². The van der Waals surface area contributed by atoms with Crippen LogP contribution in [0, 0.1) is 28.4 Å². The van der Waals surface area contributed by atoms with Crippen LogP contribution in [0.1, 0.15) is 63.3 Å². The van der Waals surface area contributed by atoms with Crippen molar-refractivity contribution in [3.8, 4) is 11.8 Å². The Morgan fingerprint density at radius 3 is 2.58 bits per heavy atom. The van der Waals surface area contributed by atoms with Crippen molar-refractivity contribution in [1.82, 2.24) is 20.9 Å². The molecule has 3 aliphatic rings. The number of piperazine rings is 1. The highest BCUT2D eigenvalue weighted by Crippen LogP contribution is 2.38. The average Bonchev–Trinajstić information content (AvgIpc) is 3.35. The molecule has 0 bridgehead atoms. The van der Waals surface area contributed by atoms with Crippen molar-refractivity contribution in [2.45, 2.75) is 77.2 Å². The molecule has 5 atom stereocenters. The molecule has 240 valence electrons. The van der Waals surface area contributed by atoms with Crippen LogP contribution >= 0.6 is 0 Å². The van der Waals surface area contributed by atoms with Crippen LogP contribution < -0.4 is 25.6 Å². The van der Waals surface area contributed by atoms with Gasteiger partial charge in [0.1, 0.15) is 29.5 Å². The van der Waals surface area contributed by atoms with Crippen LogP contribution in [0.25, 0.3) is 0 Å². The van der Waals surface area contributed by atoms with E-state index in [4.69, 9.17) is 4.74 Å². The number of hydrogen-bond acceptors (Lipinski definition) is 7. The second-order valence-electron chi connectivity index (χ2n) is 13.0. The predicted molar refractivity (Wildman–Crippen MR) is 163 cm³/mol. The maximum Gasteiger partial charge on any atom is 0.246 e. The summed E-state index contributed by atoms with van der Waals surface area (Å²) in [5.41, 5.74) is 1.75. The number of carbonyl (C=O) groups excluding carboxylic acids is 3. The topological polar surface area (TPSA) is 127 Å². The molecule has 2 aromatic carbocycles. The van der Waals surface area contributed by atoms with E-state index >= 15 is 0 Å². The maximum atomic E-state index is 15.0. The number of amides is 3. The van der Waals surface area contributed by atoms with E-state index in [-0.39, 0.29) is 49.4 Å². The number of carbonyl (C=O) groups is 3. The van der Waals surface area contributed by atoms with Crippen LogP contribution in [0.5, 0.6) is 5.75 Å². The smallest absolute Gasteiger partial charge is 0.246 e. The zero-order valence-electron chi connectivity index (χ0n) is 26.2. The molecule has 0 radical (unpaired) electrons. The molecule has 3 aliphatic heterocycles. The zero-order valence-corrected chi connectivity index (χ0v) is 26.2. The van der Waals surface area contributed by atoms with Gasteiger partial charge in [-0.1, -0.05) is 27.7 Å². The van der Waals surface area contributed by atoms with E-state index in [2.05, 4.69) is 26.9 Å². The summed E-state index contributed by atoms with van der Waals surface area (Å²) in [6.07, 6.45) is 1.36. The first-order valence-corrected chi connectivity index (χ1v) is 15.4. The number of anilines is 1. The molecular formula is C33H40F2N6O4. The first kappa shape index (κ1) is 32.2. The third kappa shape index (κ3) is 6.31. The molecule has 10 nitrogen and oxygen atoms in total. The van der Waals surface area contributed by atoms with Gasteiger partial charge in [0.15, 0.2) is 0 Å². The minimum atomic E-state index is -0.988. The molecule has 1 fully saturated rings. The maximum absolute atomic E-state index is 15.0. The van der Waals surface area contributed by atoms with Crippen molar-refractivity contribution in [3.63, 3.8) is 0 Å². The minimum absolute atomic E-state index is 0.0352. The lowest BCUT2D eigenvalue weighted by Crippen LogP contribution is -2.68. The van der Waals surface area contributed by atoms with Crippen LogP contribution in [0.3, 0.4) is 0 Å². The zero-order chi connectivity index (χ0) is 32.6. The number of nitrogens with one attached hydrogen (secondary N) is 3. The summed E-state index contributed by atoms with van der Waals surface area (Å²) >= 11 is 0. The molecule has 0 aliphatic carbocycles. The number of nitrogens with zero attached hydrogens (tertiary/aromatic N) is 3. The molecule has 0 saturated carbocycles. The van der Waals surface area contributed by atoms with Gasteiger partial charge in [-0.05, 0) is 49.1 Å². The monoisotopic (exact) mass is 622 g/mol. The summed E-state index contributed by atoms with van der Waals surface area (Å²) in [7, 11) is 1.68. The van der Waals surface area contributed by atoms with E-state index in [0.29, 0.717) is 18.4 Å². The molecule has 0 aromatic heterocycles. The highest BCUT2D eigenvalue weighted by Gasteiger charge is 2.47. The van der Waals surface area contributed by atoms with Gasteiger partial charge in [0.2, 0.25) is 17.7 Å². The first-order valence-electron chi connectivity index (χ1n) is 15.4. The normalized spacial score (nSPS) is 21.8. The van der Waals surface area contributed by atoms with Gasteiger partial charge in [0, 0.05) is 37.3 Å². The van der Waals surface area contributed by atoms with E-state index in [0.717, 1.165) is 23.4 Å². The number of hydrogen-bond donors (Lipinski definition) is 3. The van der Waals surface area contributed by atoms with Crippen LogP contribution in [-0.4, -0.2) is 73.5 Å². The molecule has 3 heterocycles. The highest BCUT2D eigenvalue weighted by atomic mass is 19.1. The third-order valence-electron chi connectivity index (χ3n) is 9.01. The summed E-state index contributed by atoms with van der Waals surface area (Å²) in [5.74, 6) is -2.76. The molecule has 0 spiro atoms. The van der Waals surface area contributed by atoms with Gasteiger partial charge in [0.05, 0.1) is 41.9 Å². The summed E-state index contributed by atoms with van der Waals surface area (Å²) in [6.45, 7) is 7.95. The van der Waals surface area contributed by atoms with Crippen LogP contribution in [0.4, 0.5) is 14.5 Å².